The molecule has 1 aliphatic rings. The van der Waals surface area contributed by atoms with E-state index in [1.54, 1.807) is 29.2 Å². The number of carbonyl (C=O) groups excluding carboxylic acids is 2. The summed E-state index contributed by atoms with van der Waals surface area (Å²) in [6.07, 6.45) is 2.15. The summed E-state index contributed by atoms with van der Waals surface area (Å²) in [7, 11) is 1.30. The fourth-order valence-corrected chi connectivity index (χ4v) is 2.30. The fourth-order valence-electron chi connectivity index (χ4n) is 2.14. The number of nitrogens with zero attached hydrogens (tertiary/aromatic N) is 1. The lowest BCUT2D eigenvalue weighted by Gasteiger charge is -2.19. The van der Waals surface area contributed by atoms with Crippen molar-refractivity contribution in [2.24, 2.45) is 5.92 Å². The highest BCUT2D eigenvalue weighted by Crippen LogP contribution is 2.31. The van der Waals surface area contributed by atoms with E-state index in [1.807, 2.05) is 0 Å². The van der Waals surface area contributed by atoms with Gasteiger partial charge in [-0.3, -0.25) is 4.79 Å². The number of rotatable bonds is 3. The van der Waals surface area contributed by atoms with Crippen LogP contribution >= 0.6 is 11.6 Å². The molecule has 1 aromatic rings. The van der Waals surface area contributed by atoms with Crippen LogP contribution in [0.15, 0.2) is 30.9 Å². The molecule has 0 N–H and O–H groups in total. The van der Waals surface area contributed by atoms with E-state index in [1.165, 1.54) is 7.11 Å². The number of ether oxygens (including phenoxy) is 1. The fraction of sp³-hybridized carbons (Fsp3) is 0.286. The number of esters is 1. The number of hydrogen-bond acceptors (Lipinski definition) is 3. The Bertz CT molecular complexity index is 541. The molecule has 1 amide bonds. The van der Waals surface area contributed by atoms with Crippen LogP contribution in [0.25, 0.3) is 0 Å². The first-order valence-corrected chi connectivity index (χ1v) is 6.25. The zero-order valence-electron chi connectivity index (χ0n) is 10.6. The molecule has 1 heterocycles. The first-order valence-electron chi connectivity index (χ1n) is 5.87. The van der Waals surface area contributed by atoms with Crippen molar-refractivity contribution in [3.63, 3.8) is 0 Å². The van der Waals surface area contributed by atoms with Gasteiger partial charge >= 0.3 is 5.97 Å². The molecular formula is C14H14ClNO3. The summed E-state index contributed by atoms with van der Waals surface area (Å²) in [5.74, 6) is -0.434. The van der Waals surface area contributed by atoms with Crippen molar-refractivity contribution < 1.29 is 14.3 Å². The Hall–Kier alpha value is -1.81. The Balaban J connectivity index is 2.43. The Kier molecular flexibility index (Phi) is 3.90. The zero-order valence-corrected chi connectivity index (χ0v) is 11.3. The highest BCUT2D eigenvalue weighted by Gasteiger charge is 2.31. The number of methoxy groups -OCH3 is 1. The van der Waals surface area contributed by atoms with Crippen molar-refractivity contribution in [2.45, 2.75) is 6.42 Å². The normalized spacial score (nSPS) is 18.5. The summed E-state index contributed by atoms with van der Waals surface area (Å²) in [5.41, 5.74) is 0.832. The molecule has 4 nitrogen and oxygen atoms in total. The smallest absolute Gasteiger partial charge is 0.339 e. The quantitative estimate of drug-likeness (QED) is 0.631. The van der Waals surface area contributed by atoms with E-state index in [9.17, 15) is 9.59 Å². The lowest BCUT2D eigenvalue weighted by molar-refractivity contribution is -0.117. The van der Waals surface area contributed by atoms with Crippen LogP contribution in [-0.2, 0) is 9.53 Å². The number of amides is 1. The van der Waals surface area contributed by atoms with Crippen molar-refractivity contribution >= 4 is 29.2 Å². The van der Waals surface area contributed by atoms with E-state index in [2.05, 4.69) is 6.58 Å². The summed E-state index contributed by atoms with van der Waals surface area (Å²) in [6.45, 7) is 4.21. The highest BCUT2D eigenvalue weighted by atomic mass is 35.5. The Morgan fingerprint density at radius 3 is 2.89 bits per heavy atom. The lowest BCUT2D eigenvalue weighted by atomic mass is 10.1. The van der Waals surface area contributed by atoms with Crippen LogP contribution in [0.3, 0.4) is 0 Å². The average Bonchev–Trinajstić information content (AvgIpc) is 2.79. The summed E-state index contributed by atoms with van der Waals surface area (Å²) in [6, 6.07) is 4.78. The summed E-state index contributed by atoms with van der Waals surface area (Å²) in [4.78, 5) is 25.3. The van der Waals surface area contributed by atoms with E-state index in [0.717, 1.165) is 0 Å². The summed E-state index contributed by atoms with van der Waals surface area (Å²) < 4.78 is 4.72. The Morgan fingerprint density at radius 1 is 1.58 bits per heavy atom. The minimum atomic E-state index is -0.485. The largest absolute Gasteiger partial charge is 0.465 e. The van der Waals surface area contributed by atoms with Gasteiger partial charge in [-0.2, -0.15) is 0 Å². The third-order valence-corrected chi connectivity index (χ3v) is 3.38. The second-order valence-electron chi connectivity index (χ2n) is 4.36. The van der Waals surface area contributed by atoms with Gasteiger partial charge in [0.15, 0.2) is 0 Å². The third kappa shape index (κ3) is 2.63. The second-order valence-corrected chi connectivity index (χ2v) is 4.79. The standard InChI is InChI=1S/C14H14ClNO3/c1-3-9-6-13(17)16(8-9)12-7-10(15)4-5-11(12)14(18)19-2/h3-5,7,9H,1,6,8H2,2H3. The first-order chi connectivity index (χ1) is 9.06. The van der Waals surface area contributed by atoms with Crippen LogP contribution in [0.1, 0.15) is 16.8 Å². The SMILES string of the molecule is C=CC1CC(=O)N(c2cc(Cl)ccc2C(=O)OC)C1. The maximum absolute atomic E-state index is 12.0. The maximum atomic E-state index is 12.0. The van der Waals surface area contributed by atoms with Crippen LogP contribution in [0, 0.1) is 5.92 Å². The molecule has 1 fully saturated rings. The molecule has 1 unspecified atom stereocenters. The van der Waals surface area contributed by atoms with Crippen LogP contribution in [-0.4, -0.2) is 25.5 Å². The van der Waals surface area contributed by atoms with E-state index in [-0.39, 0.29) is 11.8 Å². The Labute approximate surface area is 116 Å². The van der Waals surface area contributed by atoms with Crippen LogP contribution in [0.2, 0.25) is 5.02 Å². The summed E-state index contributed by atoms with van der Waals surface area (Å²) in [5, 5.41) is 0.470. The molecule has 1 aromatic carbocycles. The van der Waals surface area contributed by atoms with E-state index < -0.39 is 5.97 Å². The van der Waals surface area contributed by atoms with Gasteiger partial charge in [0.05, 0.1) is 18.4 Å². The van der Waals surface area contributed by atoms with Gasteiger partial charge in [-0.15, -0.1) is 6.58 Å². The van der Waals surface area contributed by atoms with Crippen molar-refractivity contribution in [2.75, 3.05) is 18.6 Å². The van der Waals surface area contributed by atoms with Crippen LogP contribution < -0.4 is 4.90 Å². The summed E-state index contributed by atoms with van der Waals surface area (Å²) >= 11 is 5.95. The number of carbonyl (C=O) groups is 2. The molecule has 0 bridgehead atoms. The average molecular weight is 280 g/mol. The molecule has 0 aromatic heterocycles. The number of benzene rings is 1. The van der Waals surface area contributed by atoms with E-state index >= 15 is 0 Å². The van der Waals surface area contributed by atoms with Crippen molar-refractivity contribution in [1.29, 1.82) is 0 Å². The van der Waals surface area contributed by atoms with Gasteiger partial charge in [-0.25, -0.2) is 4.79 Å². The van der Waals surface area contributed by atoms with Crippen LogP contribution in [0.4, 0.5) is 5.69 Å². The highest BCUT2D eigenvalue weighted by molar-refractivity contribution is 6.31. The molecule has 1 aliphatic heterocycles. The van der Waals surface area contributed by atoms with Gasteiger partial charge in [-0.1, -0.05) is 17.7 Å². The van der Waals surface area contributed by atoms with Gasteiger partial charge in [0, 0.05) is 23.9 Å². The predicted molar refractivity (Wildman–Crippen MR) is 73.4 cm³/mol. The predicted octanol–water partition coefficient (Wildman–Crippen LogP) is 2.67. The monoisotopic (exact) mass is 279 g/mol. The number of hydrogen-bond donors (Lipinski definition) is 0. The lowest BCUT2D eigenvalue weighted by Crippen LogP contribution is -2.26. The molecule has 100 valence electrons. The zero-order chi connectivity index (χ0) is 14.0. The van der Waals surface area contributed by atoms with E-state index in [4.69, 9.17) is 16.3 Å². The van der Waals surface area contributed by atoms with Gasteiger partial charge in [-0.05, 0) is 18.2 Å². The number of anilines is 1. The van der Waals surface area contributed by atoms with Crippen molar-refractivity contribution in [3.8, 4) is 0 Å². The van der Waals surface area contributed by atoms with Gasteiger partial charge < -0.3 is 9.64 Å². The van der Waals surface area contributed by atoms with Gasteiger partial charge in [0.1, 0.15) is 0 Å². The molecule has 2 rings (SSSR count). The van der Waals surface area contributed by atoms with Crippen molar-refractivity contribution in [3.05, 3.63) is 41.4 Å². The third-order valence-electron chi connectivity index (χ3n) is 3.14. The van der Waals surface area contributed by atoms with Gasteiger partial charge in [0.25, 0.3) is 0 Å². The number of halogens is 1. The first kappa shape index (κ1) is 13.6. The molecule has 19 heavy (non-hydrogen) atoms. The molecule has 1 saturated heterocycles. The molecule has 5 heteroatoms. The molecule has 0 radical (unpaired) electrons. The van der Waals surface area contributed by atoms with E-state index in [0.29, 0.717) is 29.2 Å². The minimum Gasteiger partial charge on any atom is -0.465 e. The molecule has 1 atom stereocenters. The molecule has 0 aliphatic carbocycles. The molecular weight excluding hydrogens is 266 g/mol. The maximum Gasteiger partial charge on any atom is 0.339 e. The minimum absolute atomic E-state index is 0.0441. The van der Waals surface area contributed by atoms with Crippen molar-refractivity contribution in [1.82, 2.24) is 0 Å². The molecule has 0 spiro atoms. The second kappa shape index (κ2) is 5.45. The molecule has 0 saturated carbocycles. The van der Waals surface area contributed by atoms with Crippen LogP contribution in [0.5, 0.6) is 0 Å². The van der Waals surface area contributed by atoms with Gasteiger partial charge in [0.2, 0.25) is 5.91 Å². The Morgan fingerprint density at radius 2 is 2.32 bits per heavy atom. The topological polar surface area (TPSA) is 46.6 Å².